The summed E-state index contributed by atoms with van der Waals surface area (Å²) in [6.45, 7) is 5.19. The normalized spacial score (nSPS) is 11.4. The number of hydrogen-bond donors (Lipinski definition) is 2. The molecular weight excluding hydrogens is 350 g/mol. The third kappa shape index (κ3) is 5.34. The zero-order chi connectivity index (χ0) is 20.0. The molecule has 3 amide bonds. The number of aryl methyl sites for hydroxylation is 1. The fraction of sp³-hybridized carbons (Fsp3) is 0.316. The van der Waals surface area contributed by atoms with Crippen LogP contribution in [0.15, 0.2) is 41.0 Å². The molecule has 0 aliphatic rings. The minimum Gasteiger partial charge on any atom is -0.481 e. The quantitative estimate of drug-likeness (QED) is 0.749. The van der Waals surface area contributed by atoms with Crippen molar-refractivity contribution < 1.29 is 23.5 Å². The molecule has 0 aliphatic carbocycles. The van der Waals surface area contributed by atoms with E-state index in [1.165, 1.54) is 24.3 Å². The molecule has 1 aromatic heterocycles. The van der Waals surface area contributed by atoms with Crippen molar-refractivity contribution in [3.8, 4) is 5.75 Å². The van der Waals surface area contributed by atoms with Gasteiger partial charge in [-0.15, -0.1) is 0 Å². The van der Waals surface area contributed by atoms with E-state index in [2.05, 4.69) is 10.9 Å². The Hall–Kier alpha value is -3.29. The summed E-state index contributed by atoms with van der Waals surface area (Å²) < 4.78 is 10.6. The number of ether oxygens (including phenoxy) is 1. The molecule has 2 aromatic rings. The van der Waals surface area contributed by atoms with E-state index in [1.54, 1.807) is 19.1 Å². The minimum absolute atomic E-state index is 0.130. The Bertz CT molecular complexity index is 817. The summed E-state index contributed by atoms with van der Waals surface area (Å²) in [6, 6.07) is 8.66. The molecule has 0 radical (unpaired) electrons. The first-order valence-electron chi connectivity index (χ1n) is 8.40. The molecule has 2 rings (SSSR count). The lowest BCUT2D eigenvalue weighted by Crippen LogP contribution is -2.50. The Balaban J connectivity index is 1.81. The number of rotatable bonds is 6. The lowest BCUT2D eigenvalue weighted by Gasteiger charge is -2.18. The highest BCUT2D eigenvalue weighted by molar-refractivity contribution is 5.94. The molecule has 27 heavy (non-hydrogen) atoms. The van der Waals surface area contributed by atoms with Crippen LogP contribution in [-0.4, -0.2) is 42.3 Å². The van der Waals surface area contributed by atoms with Gasteiger partial charge in [-0.05, 0) is 50.1 Å². The van der Waals surface area contributed by atoms with Gasteiger partial charge in [0.15, 0.2) is 11.9 Å². The predicted molar refractivity (Wildman–Crippen MR) is 98.0 cm³/mol. The number of likely N-dealkylation sites (N-methyl/N-ethyl adjacent to an activating group) is 1. The maximum atomic E-state index is 12.1. The number of carbonyl (C=O) groups is 3. The first-order chi connectivity index (χ1) is 12.8. The topological polar surface area (TPSA) is 101 Å². The van der Waals surface area contributed by atoms with Gasteiger partial charge in [0.05, 0.1) is 6.26 Å². The van der Waals surface area contributed by atoms with E-state index in [1.807, 2.05) is 26.0 Å². The van der Waals surface area contributed by atoms with E-state index in [9.17, 15) is 14.4 Å². The molecule has 8 nitrogen and oxygen atoms in total. The number of carbonyl (C=O) groups excluding carboxylic acids is 3. The molecule has 0 saturated carbocycles. The number of hydrogen-bond acceptors (Lipinski definition) is 5. The Morgan fingerprint density at radius 1 is 1.15 bits per heavy atom. The second-order valence-electron chi connectivity index (χ2n) is 6.13. The van der Waals surface area contributed by atoms with Crippen molar-refractivity contribution >= 4 is 17.7 Å². The third-order valence-corrected chi connectivity index (χ3v) is 4.01. The summed E-state index contributed by atoms with van der Waals surface area (Å²) in [7, 11) is 1.46. The largest absolute Gasteiger partial charge is 0.481 e. The summed E-state index contributed by atoms with van der Waals surface area (Å²) in [6.07, 6.45) is 0.562. The Morgan fingerprint density at radius 2 is 1.89 bits per heavy atom. The monoisotopic (exact) mass is 373 g/mol. The molecule has 8 heteroatoms. The number of nitrogens with one attached hydrogen (secondary N) is 2. The minimum atomic E-state index is -0.812. The maximum Gasteiger partial charge on any atom is 0.289 e. The van der Waals surface area contributed by atoms with Crippen LogP contribution in [0.3, 0.4) is 0 Å². The standard InChI is InChI=1S/C19H23N3O5/c1-12-7-5-8-15(13(12)2)27-14(3)18(24)21-20-17(23)11-22(4)19(25)16-9-6-10-26-16/h5-10,14H,11H2,1-4H3,(H,20,23)(H,21,24). The van der Waals surface area contributed by atoms with Crippen LogP contribution in [0.25, 0.3) is 0 Å². The molecule has 1 unspecified atom stereocenters. The highest BCUT2D eigenvalue weighted by Crippen LogP contribution is 2.21. The van der Waals surface area contributed by atoms with Gasteiger partial charge in [0.1, 0.15) is 12.3 Å². The average Bonchev–Trinajstić information content (AvgIpc) is 3.17. The smallest absolute Gasteiger partial charge is 0.289 e. The van der Waals surface area contributed by atoms with Crippen molar-refractivity contribution in [1.29, 1.82) is 0 Å². The lowest BCUT2D eigenvalue weighted by molar-refractivity contribution is -0.132. The maximum absolute atomic E-state index is 12.1. The van der Waals surface area contributed by atoms with Crippen LogP contribution in [0.1, 0.15) is 28.6 Å². The Morgan fingerprint density at radius 3 is 2.56 bits per heavy atom. The summed E-state index contributed by atoms with van der Waals surface area (Å²) in [5.74, 6) is -0.764. The molecule has 0 bridgehead atoms. The lowest BCUT2D eigenvalue weighted by atomic mass is 10.1. The van der Waals surface area contributed by atoms with Gasteiger partial charge in [0.2, 0.25) is 0 Å². The molecule has 144 valence electrons. The van der Waals surface area contributed by atoms with Gasteiger partial charge in [-0.2, -0.15) is 0 Å². The number of furan rings is 1. The molecule has 0 aliphatic heterocycles. The molecular formula is C19H23N3O5. The Kier molecular flexibility index (Phi) is 6.59. The van der Waals surface area contributed by atoms with Gasteiger partial charge in [0.25, 0.3) is 17.7 Å². The SMILES string of the molecule is Cc1cccc(OC(C)C(=O)NNC(=O)CN(C)C(=O)c2ccco2)c1C. The fourth-order valence-electron chi connectivity index (χ4n) is 2.24. The van der Waals surface area contributed by atoms with E-state index in [0.29, 0.717) is 5.75 Å². The van der Waals surface area contributed by atoms with Crippen LogP contribution < -0.4 is 15.6 Å². The van der Waals surface area contributed by atoms with Crippen LogP contribution in [0.2, 0.25) is 0 Å². The van der Waals surface area contributed by atoms with Gasteiger partial charge in [-0.3, -0.25) is 25.2 Å². The zero-order valence-corrected chi connectivity index (χ0v) is 15.7. The van der Waals surface area contributed by atoms with Gasteiger partial charge in [-0.25, -0.2) is 0 Å². The van der Waals surface area contributed by atoms with Crippen LogP contribution in [0.4, 0.5) is 0 Å². The fourth-order valence-corrected chi connectivity index (χ4v) is 2.24. The van der Waals surface area contributed by atoms with Crippen LogP contribution in [-0.2, 0) is 9.59 Å². The van der Waals surface area contributed by atoms with E-state index < -0.39 is 23.8 Å². The number of amides is 3. The van der Waals surface area contributed by atoms with Crippen molar-refractivity contribution in [2.75, 3.05) is 13.6 Å². The van der Waals surface area contributed by atoms with Crippen molar-refractivity contribution in [2.24, 2.45) is 0 Å². The van der Waals surface area contributed by atoms with E-state index in [4.69, 9.17) is 9.15 Å². The van der Waals surface area contributed by atoms with Crippen molar-refractivity contribution in [1.82, 2.24) is 15.8 Å². The molecule has 0 spiro atoms. The predicted octanol–water partition coefficient (Wildman–Crippen LogP) is 1.58. The molecule has 0 saturated heterocycles. The second-order valence-corrected chi connectivity index (χ2v) is 6.13. The summed E-state index contributed by atoms with van der Waals surface area (Å²) in [5, 5.41) is 0. The number of nitrogens with zero attached hydrogens (tertiary/aromatic N) is 1. The van der Waals surface area contributed by atoms with Crippen molar-refractivity contribution in [3.63, 3.8) is 0 Å². The summed E-state index contributed by atoms with van der Waals surface area (Å²) in [4.78, 5) is 37.2. The average molecular weight is 373 g/mol. The Labute approximate surface area is 157 Å². The van der Waals surface area contributed by atoms with E-state index in [-0.39, 0.29) is 12.3 Å². The van der Waals surface area contributed by atoms with Gasteiger partial charge in [0, 0.05) is 7.05 Å². The van der Waals surface area contributed by atoms with E-state index in [0.717, 1.165) is 11.1 Å². The molecule has 1 aromatic carbocycles. The summed E-state index contributed by atoms with van der Waals surface area (Å²) >= 11 is 0. The zero-order valence-electron chi connectivity index (χ0n) is 15.7. The first kappa shape index (κ1) is 20.0. The molecule has 2 N–H and O–H groups in total. The van der Waals surface area contributed by atoms with E-state index >= 15 is 0 Å². The highest BCUT2D eigenvalue weighted by Gasteiger charge is 2.19. The second kappa shape index (κ2) is 8.88. The third-order valence-electron chi connectivity index (χ3n) is 4.01. The van der Waals surface area contributed by atoms with Crippen LogP contribution in [0, 0.1) is 13.8 Å². The number of hydrazine groups is 1. The van der Waals surface area contributed by atoms with Crippen molar-refractivity contribution in [2.45, 2.75) is 26.9 Å². The van der Waals surface area contributed by atoms with Gasteiger partial charge >= 0.3 is 0 Å². The highest BCUT2D eigenvalue weighted by atomic mass is 16.5. The van der Waals surface area contributed by atoms with Crippen molar-refractivity contribution in [3.05, 3.63) is 53.5 Å². The van der Waals surface area contributed by atoms with Gasteiger partial charge < -0.3 is 14.1 Å². The van der Waals surface area contributed by atoms with Crippen LogP contribution in [0.5, 0.6) is 5.75 Å². The van der Waals surface area contributed by atoms with Gasteiger partial charge in [-0.1, -0.05) is 12.1 Å². The molecule has 1 atom stereocenters. The summed E-state index contributed by atoms with van der Waals surface area (Å²) in [5.41, 5.74) is 6.55. The molecule has 0 fully saturated rings. The molecule has 1 heterocycles. The van der Waals surface area contributed by atoms with Crippen LogP contribution >= 0.6 is 0 Å². The number of benzene rings is 1. The first-order valence-corrected chi connectivity index (χ1v) is 8.40.